The molecule has 0 heterocycles. The number of ether oxygens (including phenoxy) is 2. The molecule has 1 spiro atoms. The Kier molecular flexibility index (Phi) is 4.42. The van der Waals surface area contributed by atoms with Crippen LogP contribution in [0, 0.1) is 17.3 Å². The van der Waals surface area contributed by atoms with E-state index in [1.807, 2.05) is 0 Å². The van der Waals surface area contributed by atoms with Gasteiger partial charge in [-0.25, -0.2) is 0 Å². The van der Waals surface area contributed by atoms with Crippen LogP contribution in [-0.2, 0) is 23.9 Å². The Morgan fingerprint density at radius 2 is 1.90 bits per heavy atom. The SMILES string of the molecule is COC(=O)C1CC(=O)C(C(=O)OCN)C12CCCCC2. The molecule has 0 aromatic heterocycles. The Bertz CT molecular complexity index is 414. The number of carbonyl (C=O) groups excluding carboxylic acids is 3. The number of nitrogens with two attached hydrogens (primary N) is 1. The minimum atomic E-state index is -0.865. The molecule has 2 atom stereocenters. The Labute approximate surface area is 118 Å². The first-order chi connectivity index (χ1) is 9.56. The number of rotatable bonds is 3. The molecule has 0 amide bonds. The largest absolute Gasteiger partial charge is 0.469 e. The standard InChI is InChI=1S/C14H21NO5/c1-19-12(17)9-7-10(16)11(13(18)20-8-15)14(9)5-3-2-4-6-14/h9,11H,2-8,15H2,1H3. The summed E-state index contributed by atoms with van der Waals surface area (Å²) < 4.78 is 9.68. The molecule has 0 aromatic rings. The molecule has 112 valence electrons. The van der Waals surface area contributed by atoms with Crippen molar-refractivity contribution in [2.45, 2.75) is 38.5 Å². The molecule has 2 unspecified atom stereocenters. The third-order valence-electron chi connectivity index (χ3n) is 4.73. The predicted molar refractivity (Wildman–Crippen MR) is 69.3 cm³/mol. The third kappa shape index (κ3) is 2.32. The molecule has 6 heteroatoms. The van der Waals surface area contributed by atoms with Gasteiger partial charge in [-0.1, -0.05) is 19.3 Å². The first-order valence-electron chi connectivity index (χ1n) is 7.04. The van der Waals surface area contributed by atoms with Crippen LogP contribution in [0.2, 0.25) is 0 Å². The van der Waals surface area contributed by atoms with E-state index in [0.29, 0.717) is 12.8 Å². The van der Waals surface area contributed by atoms with Gasteiger partial charge in [0, 0.05) is 11.8 Å². The van der Waals surface area contributed by atoms with Gasteiger partial charge >= 0.3 is 11.9 Å². The summed E-state index contributed by atoms with van der Waals surface area (Å²) in [5.41, 5.74) is 4.60. The number of esters is 2. The van der Waals surface area contributed by atoms with Crippen LogP contribution in [0.3, 0.4) is 0 Å². The molecule has 0 aliphatic heterocycles. The topological polar surface area (TPSA) is 95.7 Å². The van der Waals surface area contributed by atoms with E-state index in [1.54, 1.807) is 0 Å². The maximum atomic E-state index is 12.2. The van der Waals surface area contributed by atoms with Gasteiger partial charge in [-0.05, 0) is 12.8 Å². The van der Waals surface area contributed by atoms with Gasteiger partial charge in [-0.3, -0.25) is 20.1 Å². The Morgan fingerprint density at radius 3 is 2.45 bits per heavy atom. The second-order valence-electron chi connectivity index (χ2n) is 5.60. The number of hydrogen-bond donors (Lipinski definition) is 1. The first-order valence-corrected chi connectivity index (χ1v) is 7.04. The number of methoxy groups -OCH3 is 1. The van der Waals surface area contributed by atoms with Gasteiger partial charge < -0.3 is 9.47 Å². The lowest BCUT2D eigenvalue weighted by atomic mass is 9.63. The fraction of sp³-hybridized carbons (Fsp3) is 0.786. The summed E-state index contributed by atoms with van der Waals surface area (Å²) in [5, 5.41) is 0. The average molecular weight is 283 g/mol. The molecule has 0 saturated heterocycles. The van der Waals surface area contributed by atoms with Crippen molar-refractivity contribution in [1.29, 1.82) is 0 Å². The Balaban J connectivity index is 2.35. The summed E-state index contributed by atoms with van der Waals surface area (Å²) in [6.07, 6.45) is 4.31. The molecule has 6 nitrogen and oxygen atoms in total. The van der Waals surface area contributed by atoms with E-state index in [0.717, 1.165) is 19.3 Å². The van der Waals surface area contributed by atoms with E-state index in [4.69, 9.17) is 15.2 Å². The molecule has 0 bridgehead atoms. The van der Waals surface area contributed by atoms with Crippen molar-refractivity contribution >= 4 is 17.7 Å². The summed E-state index contributed by atoms with van der Waals surface area (Å²) in [7, 11) is 1.31. The maximum Gasteiger partial charge on any atom is 0.318 e. The van der Waals surface area contributed by atoms with Crippen LogP contribution < -0.4 is 5.73 Å². The number of carbonyl (C=O) groups is 3. The second kappa shape index (κ2) is 5.91. The lowest BCUT2D eigenvalue weighted by Crippen LogP contribution is -2.43. The van der Waals surface area contributed by atoms with Crippen molar-refractivity contribution in [3.05, 3.63) is 0 Å². The highest BCUT2D eigenvalue weighted by Crippen LogP contribution is 2.55. The molecule has 2 rings (SSSR count). The highest BCUT2D eigenvalue weighted by molar-refractivity contribution is 6.04. The fourth-order valence-electron chi connectivity index (χ4n) is 3.88. The lowest BCUT2D eigenvalue weighted by Gasteiger charge is -2.40. The summed E-state index contributed by atoms with van der Waals surface area (Å²) >= 11 is 0. The van der Waals surface area contributed by atoms with E-state index >= 15 is 0 Å². The van der Waals surface area contributed by atoms with E-state index in [2.05, 4.69) is 0 Å². The van der Waals surface area contributed by atoms with Crippen molar-refractivity contribution in [2.75, 3.05) is 13.8 Å². The quantitative estimate of drug-likeness (QED) is 0.467. The first kappa shape index (κ1) is 15.0. The Morgan fingerprint density at radius 1 is 1.25 bits per heavy atom. The maximum absolute atomic E-state index is 12.2. The molecule has 20 heavy (non-hydrogen) atoms. The van der Waals surface area contributed by atoms with Crippen LogP contribution in [0.5, 0.6) is 0 Å². The minimum absolute atomic E-state index is 0.0665. The smallest absolute Gasteiger partial charge is 0.318 e. The predicted octanol–water partition coefficient (Wildman–Crippen LogP) is 0.774. The number of ketones is 1. The molecule has 0 aromatic carbocycles. The zero-order valence-corrected chi connectivity index (χ0v) is 11.7. The zero-order valence-electron chi connectivity index (χ0n) is 11.7. The number of Topliss-reactive ketones (excluding diaryl/α,β-unsaturated/α-hetero) is 1. The summed E-state index contributed by atoms with van der Waals surface area (Å²) in [4.78, 5) is 36.4. The van der Waals surface area contributed by atoms with Gasteiger partial charge in [-0.2, -0.15) is 0 Å². The highest BCUT2D eigenvalue weighted by atomic mass is 16.5. The molecule has 2 fully saturated rings. The lowest BCUT2D eigenvalue weighted by molar-refractivity contribution is -0.160. The molecule has 2 saturated carbocycles. The minimum Gasteiger partial charge on any atom is -0.469 e. The van der Waals surface area contributed by atoms with Crippen molar-refractivity contribution in [2.24, 2.45) is 23.0 Å². The summed E-state index contributed by atoms with van der Waals surface area (Å²) in [6, 6.07) is 0. The van der Waals surface area contributed by atoms with Gasteiger partial charge in [0.2, 0.25) is 0 Å². The van der Waals surface area contributed by atoms with Crippen LogP contribution in [0.4, 0.5) is 0 Å². The molecular formula is C14H21NO5. The van der Waals surface area contributed by atoms with Gasteiger partial charge in [0.25, 0.3) is 0 Å². The van der Waals surface area contributed by atoms with Crippen molar-refractivity contribution in [3.63, 3.8) is 0 Å². The van der Waals surface area contributed by atoms with Gasteiger partial charge in [0.05, 0.1) is 13.0 Å². The molecular weight excluding hydrogens is 262 g/mol. The van der Waals surface area contributed by atoms with Crippen molar-refractivity contribution in [3.8, 4) is 0 Å². The van der Waals surface area contributed by atoms with Crippen LogP contribution in [0.25, 0.3) is 0 Å². The fourth-order valence-corrected chi connectivity index (χ4v) is 3.88. The highest BCUT2D eigenvalue weighted by Gasteiger charge is 2.61. The molecule has 2 N–H and O–H groups in total. The summed E-state index contributed by atoms with van der Waals surface area (Å²) in [5.74, 6) is -2.61. The normalized spacial score (nSPS) is 28.4. The van der Waals surface area contributed by atoms with Crippen LogP contribution >= 0.6 is 0 Å². The number of hydrogen-bond acceptors (Lipinski definition) is 6. The van der Waals surface area contributed by atoms with Gasteiger partial charge in [0.1, 0.15) is 18.4 Å². The average Bonchev–Trinajstić information content (AvgIpc) is 2.71. The monoisotopic (exact) mass is 283 g/mol. The second-order valence-corrected chi connectivity index (χ2v) is 5.60. The molecule has 0 radical (unpaired) electrons. The van der Waals surface area contributed by atoms with Gasteiger partial charge in [0.15, 0.2) is 0 Å². The Hall–Kier alpha value is -1.43. The van der Waals surface area contributed by atoms with Crippen molar-refractivity contribution in [1.82, 2.24) is 0 Å². The van der Waals surface area contributed by atoms with Gasteiger partial charge in [-0.15, -0.1) is 0 Å². The third-order valence-corrected chi connectivity index (χ3v) is 4.73. The zero-order chi connectivity index (χ0) is 14.8. The van der Waals surface area contributed by atoms with E-state index < -0.39 is 29.2 Å². The van der Waals surface area contributed by atoms with E-state index in [1.165, 1.54) is 7.11 Å². The summed E-state index contributed by atoms with van der Waals surface area (Å²) in [6.45, 7) is -0.248. The molecule has 2 aliphatic carbocycles. The van der Waals surface area contributed by atoms with E-state index in [9.17, 15) is 14.4 Å². The van der Waals surface area contributed by atoms with Crippen molar-refractivity contribution < 1.29 is 23.9 Å². The van der Waals surface area contributed by atoms with Crippen LogP contribution in [0.15, 0.2) is 0 Å². The molecule has 2 aliphatic rings. The van der Waals surface area contributed by atoms with Crippen LogP contribution in [0.1, 0.15) is 38.5 Å². The van der Waals surface area contributed by atoms with E-state index in [-0.39, 0.29) is 18.9 Å². The van der Waals surface area contributed by atoms with Crippen LogP contribution in [-0.4, -0.2) is 31.6 Å².